The van der Waals surface area contributed by atoms with Gasteiger partial charge in [0, 0.05) is 37.1 Å². The van der Waals surface area contributed by atoms with Crippen molar-refractivity contribution in [1.29, 1.82) is 5.26 Å². The van der Waals surface area contributed by atoms with Gasteiger partial charge in [-0.2, -0.15) is 10.2 Å². The van der Waals surface area contributed by atoms with Gasteiger partial charge in [-0.15, -0.1) is 0 Å². The molecule has 26 heavy (non-hydrogen) atoms. The minimum absolute atomic E-state index is 0.243. The predicted molar refractivity (Wildman–Crippen MR) is 98.5 cm³/mol. The average Bonchev–Trinajstić information content (AvgIpc) is 3.33. The number of anilines is 1. The Kier molecular flexibility index (Phi) is 5.68. The second kappa shape index (κ2) is 8.53. The highest BCUT2D eigenvalue weighted by Crippen LogP contribution is 2.22. The fourth-order valence-electron chi connectivity index (χ4n) is 2.45. The smallest absolute Gasteiger partial charge is 0.232 e. The third-order valence-corrected chi connectivity index (χ3v) is 3.73. The molecule has 132 valence electrons. The van der Waals surface area contributed by atoms with Crippen LogP contribution in [-0.2, 0) is 6.54 Å². The Morgan fingerprint density at radius 1 is 1.35 bits per heavy atom. The molecule has 0 bridgehead atoms. The molecule has 7 heteroatoms. The predicted octanol–water partition coefficient (Wildman–Crippen LogP) is 3.42. The number of rotatable bonds is 8. The Bertz CT molecular complexity index is 906. The normalized spacial score (nSPS) is 10.8. The highest BCUT2D eigenvalue weighted by molar-refractivity contribution is 5.70. The summed E-state index contributed by atoms with van der Waals surface area (Å²) in [5.74, 6) is 1.51. The number of oxazole rings is 1. The molecule has 0 aliphatic carbocycles. The summed E-state index contributed by atoms with van der Waals surface area (Å²) < 4.78 is 12.9. The summed E-state index contributed by atoms with van der Waals surface area (Å²) >= 11 is 0. The van der Waals surface area contributed by atoms with Crippen molar-refractivity contribution in [3.05, 3.63) is 60.1 Å². The molecule has 0 saturated carbocycles. The minimum atomic E-state index is 0.243. The molecule has 2 heterocycles. The van der Waals surface area contributed by atoms with Crippen LogP contribution in [0.25, 0.3) is 12.2 Å². The summed E-state index contributed by atoms with van der Waals surface area (Å²) in [6.07, 6.45) is 9.86. The second-order valence-electron chi connectivity index (χ2n) is 5.50. The Morgan fingerprint density at radius 3 is 3.00 bits per heavy atom. The lowest BCUT2D eigenvalue weighted by molar-refractivity contribution is 0.414. The summed E-state index contributed by atoms with van der Waals surface area (Å²) in [5, 5.41) is 12.4. The van der Waals surface area contributed by atoms with Gasteiger partial charge >= 0.3 is 0 Å². The number of benzene rings is 1. The lowest BCUT2D eigenvalue weighted by atomic mass is 10.2. The number of methoxy groups -OCH3 is 1. The van der Waals surface area contributed by atoms with Crippen LogP contribution in [0.2, 0.25) is 0 Å². The van der Waals surface area contributed by atoms with Gasteiger partial charge in [-0.05, 0) is 18.6 Å². The van der Waals surface area contributed by atoms with Crippen molar-refractivity contribution in [2.45, 2.75) is 13.0 Å². The van der Waals surface area contributed by atoms with Gasteiger partial charge in [0.2, 0.25) is 17.5 Å². The fourth-order valence-corrected chi connectivity index (χ4v) is 2.45. The first-order chi connectivity index (χ1) is 12.8. The summed E-state index contributed by atoms with van der Waals surface area (Å²) in [7, 11) is 1.62. The van der Waals surface area contributed by atoms with Crippen LogP contribution in [-0.4, -0.2) is 28.2 Å². The topological polar surface area (TPSA) is 88.9 Å². The standard InChI is InChI=1S/C19H19N5O2/c1-25-17-6-3-2-5-15(17)7-8-18-23-16(13-20)19(26-18)22-9-4-11-24-12-10-21-14-24/h2-3,5-8,10,12,14,22H,4,9,11H2,1H3. The van der Waals surface area contributed by atoms with E-state index in [1.165, 1.54) is 0 Å². The maximum atomic E-state index is 9.24. The quantitative estimate of drug-likeness (QED) is 0.627. The SMILES string of the molecule is COc1ccccc1C=Cc1nc(C#N)c(NCCCn2ccnc2)o1. The van der Waals surface area contributed by atoms with E-state index in [9.17, 15) is 5.26 Å². The highest BCUT2D eigenvalue weighted by atomic mass is 16.5. The van der Waals surface area contributed by atoms with Gasteiger partial charge in [-0.25, -0.2) is 4.98 Å². The van der Waals surface area contributed by atoms with E-state index in [1.807, 2.05) is 41.1 Å². The van der Waals surface area contributed by atoms with Crippen LogP contribution in [0.1, 0.15) is 23.6 Å². The van der Waals surface area contributed by atoms with Gasteiger partial charge in [-0.1, -0.05) is 18.2 Å². The summed E-state index contributed by atoms with van der Waals surface area (Å²) in [4.78, 5) is 8.20. The number of hydrogen-bond donors (Lipinski definition) is 1. The Labute approximate surface area is 151 Å². The molecule has 3 aromatic rings. The van der Waals surface area contributed by atoms with Gasteiger partial charge in [0.05, 0.1) is 13.4 Å². The number of aryl methyl sites for hydroxylation is 1. The van der Waals surface area contributed by atoms with E-state index in [0.717, 1.165) is 24.3 Å². The molecule has 0 fully saturated rings. The van der Waals surface area contributed by atoms with Crippen molar-refractivity contribution in [1.82, 2.24) is 14.5 Å². The largest absolute Gasteiger partial charge is 0.496 e. The summed E-state index contributed by atoms with van der Waals surface area (Å²) in [5.41, 5.74) is 1.15. The van der Waals surface area contributed by atoms with Crippen molar-refractivity contribution < 1.29 is 9.15 Å². The van der Waals surface area contributed by atoms with Gasteiger partial charge < -0.3 is 19.0 Å². The zero-order chi connectivity index (χ0) is 18.2. The second-order valence-corrected chi connectivity index (χ2v) is 5.50. The van der Waals surface area contributed by atoms with Gasteiger partial charge in [0.25, 0.3) is 0 Å². The van der Waals surface area contributed by atoms with Crippen molar-refractivity contribution in [2.24, 2.45) is 0 Å². The number of nitrogens with zero attached hydrogens (tertiary/aromatic N) is 4. The first kappa shape index (κ1) is 17.3. The third-order valence-electron chi connectivity index (χ3n) is 3.73. The van der Waals surface area contributed by atoms with E-state index >= 15 is 0 Å². The molecule has 0 unspecified atom stereocenters. The van der Waals surface area contributed by atoms with Crippen LogP contribution in [0.15, 0.2) is 47.4 Å². The van der Waals surface area contributed by atoms with Crippen LogP contribution in [0.5, 0.6) is 5.75 Å². The van der Waals surface area contributed by atoms with Crippen molar-refractivity contribution in [3.8, 4) is 11.8 Å². The number of ether oxygens (including phenoxy) is 1. The molecule has 0 amide bonds. The molecule has 2 aromatic heterocycles. The summed E-state index contributed by atoms with van der Waals surface area (Å²) in [6, 6.07) is 9.68. The molecule has 0 aliphatic rings. The van der Waals surface area contributed by atoms with Gasteiger partial charge in [0.1, 0.15) is 11.8 Å². The van der Waals surface area contributed by atoms with Crippen LogP contribution >= 0.6 is 0 Å². The molecule has 1 N–H and O–H groups in total. The maximum Gasteiger partial charge on any atom is 0.232 e. The van der Waals surface area contributed by atoms with Crippen LogP contribution < -0.4 is 10.1 Å². The first-order valence-electron chi connectivity index (χ1n) is 8.22. The lowest BCUT2D eigenvalue weighted by Gasteiger charge is -2.03. The highest BCUT2D eigenvalue weighted by Gasteiger charge is 2.11. The van der Waals surface area contributed by atoms with Crippen molar-refractivity contribution in [2.75, 3.05) is 19.0 Å². The molecule has 1 aromatic carbocycles. The van der Waals surface area contributed by atoms with Gasteiger partial charge in [-0.3, -0.25) is 0 Å². The Balaban J connectivity index is 1.62. The minimum Gasteiger partial charge on any atom is -0.496 e. The summed E-state index contributed by atoms with van der Waals surface area (Å²) in [6.45, 7) is 1.50. The number of nitrogens with one attached hydrogen (secondary N) is 1. The van der Waals surface area contributed by atoms with E-state index < -0.39 is 0 Å². The van der Waals surface area contributed by atoms with Crippen LogP contribution in [0.3, 0.4) is 0 Å². The van der Waals surface area contributed by atoms with Gasteiger partial charge in [0.15, 0.2) is 0 Å². The Hall–Kier alpha value is -3.53. The average molecular weight is 349 g/mol. The van der Waals surface area contributed by atoms with E-state index in [2.05, 4.69) is 21.4 Å². The number of imidazole rings is 1. The maximum absolute atomic E-state index is 9.24. The molecule has 0 spiro atoms. The fraction of sp³-hybridized carbons (Fsp3) is 0.211. The van der Waals surface area contributed by atoms with Crippen LogP contribution in [0.4, 0.5) is 5.88 Å². The molecule has 0 saturated heterocycles. The number of hydrogen-bond acceptors (Lipinski definition) is 6. The number of nitriles is 1. The van der Waals surface area contributed by atoms with Crippen LogP contribution in [0, 0.1) is 11.3 Å². The molecule has 7 nitrogen and oxygen atoms in total. The molecular weight excluding hydrogens is 330 g/mol. The van der Waals surface area contributed by atoms with E-state index in [0.29, 0.717) is 18.3 Å². The number of para-hydroxylation sites is 1. The first-order valence-corrected chi connectivity index (χ1v) is 8.22. The lowest BCUT2D eigenvalue weighted by Crippen LogP contribution is -2.06. The monoisotopic (exact) mass is 349 g/mol. The molecule has 3 rings (SSSR count). The zero-order valence-corrected chi connectivity index (χ0v) is 14.4. The number of aromatic nitrogens is 3. The zero-order valence-electron chi connectivity index (χ0n) is 14.4. The van der Waals surface area contributed by atoms with Crippen molar-refractivity contribution >= 4 is 18.0 Å². The molecule has 0 atom stereocenters. The van der Waals surface area contributed by atoms with Crippen molar-refractivity contribution in [3.63, 3.8) is 0 Å². The van der Waals surface area contributed by atoms with E-state index in [1.54, 1.807) is 25.7 Å². The molecular formula is C19H19N5O2. The third kappa shape index (κ3) is 4.30. The molecule has 0 aliphatic heterocycles. The molecule has 0 radical (unpaired) electrons. The Morgan fingerprint density at radius 2 is 2.23 bits per heavy atom. The van der Waals surface area contributed by atoms with E-state index in [-0.39, 0.29) is 5.69 Å². The van der Waals surface area contributed by atoms with E-state index in [4.69, 9.17) is 9.15 Å².